The van der Waals surface area contributed by atoms with Crippen LogP contribution in [0.3, 0.4) is 0 Å². The van der Waals surface area contributed by atoms with Crippen LogP contribution in [-0.4, -0.2) is 21.0 Å². The second-order valence-electron chi connectivity index (χ2n) is 6.04. The molecule has 2 aromatic rings. The third-order valence-corrected chi connectivity index (χ3v) is 4.31. The van der Waals surface area contributed by atoms with Crippen LogP contribution in [0, 0.1) is 5.41 Å². The highest BCUT2D eigenvalue weighted by Crippen LogP contribution is 2.41. The molecule has 1 N–H and O–H groups in total. The molecule has 1 aliphatic carbocycles. The van der Waals surface area contributed by atoms with Gasteiger partial charge >= 0.3 is 0 Å². The van der Waals surface area contributed by atoms with E-state index in [9.17, 15) is 5.11 Å². The van der Waals surface area contributed by atoms with E-state index in [-0.39, 0.29) is 17.6 Å². The summed E-state index contributed by atoms with van der Waals surface area (Å²) in [6, 6.07) is 8.31. The second-order valence-corrected chi connectivity index (χ2v) is 6.04. The van der Waals surface area contributed by atoms with Crippen molar-refractivity contribution in [3.8, 4) is 0 Å². The third kappa shape index (κ3) is 1.74. The van der Waals surface area contributed by atoms with Gasteiger partial charge in [-0.2, -0.15) is 5.10 Å². The molecule has 0 radical (unpaired) electrons. The van der Waals surface area contributed by atoms with E-state index in [0.717, 1.165) is 30.2 Å². The first-order chi connectivity index (χ1) is 8.59. The number of aromatic nitrogens is 2. The molecule has 3 nitrogen and oxygen atoms in total. The van der Waals surface area contributed by atoms with Gasteiger partial charge in [0.15, 0.2) is 0 Å². The Hall–Kier alpha value is -1.35. The highest BCUT2D eigenvalue weighted by molar-refractivity contribution is 5.78. The molecular weight excluding hydrogens is 224 g/mol. The van der Waals surface area contributed by atoms with Crippen molar-refractivity contribution in [3.05, 3.63) is 30.5 Å². The molecule has 0 aliphatic heterocycles. The zero-order chi connectivity index (χ0) is 12.8. The maximum atomic E-state index is 10.6. The first-order valence-electron chi connectivity index (χ1n) is 6.70. The normalized spacial score (nSPS) is 27.5. The van der Waals surface area contributed by atoms with Gasteiger partial charge in [-0.15, -0.1) is 0 Å². The fourth-order valence-electron chi connectivity index (χ4n) is 3.11. The van der Waals surface area contributed by atoms with Crippen LogP contribution in [0.5, 0.6) is 0 Å². The summed E-state index contributed by atoms with van der Waals surface area (Å²) in [6.45, 7) is 4.30. The van der Waals surface area contributed by atoms with E-state index in [1.165, 1.54) is 0 Å². The van der Waals surface area contributed by atoms with E-state index >= 15 is 0 Å². The molecule has 1 heterocycles. The Morgan fingerprint density at radius 1 is 1.33 bits per heavy atom. The number of aliphatic hydroxyl groups excluding tert-OH is 1. The maximum Gasteiger partial charge on any atom is 0.0815 e. The Balaban J connectivity index is 2.04. The summed E-state index contributed by atoms with van der Waals surface area (Å²) in [5.74, 6) is 0. The molecular formula is C15H20N2O. The lowest BCUT2D eigenvalue weighted by molar-refractivity contribution is -0.0285. The van der Waals surface area contributed by atoms with E-state index in [0.29, 0.717) is 0 Å². The molecule has 1 aromatic carbocycles. The van der Waals surface area contributed by atoms with Crippen LogP contribution in [-0.2, 0) is 0 Å². The Labute approximate surface area is 107 Å². The van der Waals surface area contributed by atoms with Crippen LogP contribution in [0.15, 0.2) is 30.5 Å². The molecule has 1 aliphatic rings. The molecule has 0 spiro atoms. The van der Waals surface area contributed by atoms with Crippen molar-refractivity contribution in [1.29, 1.82) is 0 Å². The third-order valence-electron chi connectivity index (χ3n) is 4.31. The summed E-state index contributed by atoms with van der Waals surface area (Å²) in [6.07, 6.45) is 4.82. The summed E-state index contributed by atoms with van der Waals surface area (Å²) in [5.41, 5.74) is 1.11. The number of nitrogens with zero attached hydrogens (tertiary/aromatic N) is 2. The topological polar surface area (TPSA) is 38.0 Å². The molecule has 96 valence electrons. The fourth-order valence-corrected chi connectivity index (χ4v) is 3.11. The van der Waals surface area contributed by atoms with Crippen molar-refractivity contribution in [3.63, 3.8) is 0 Å². The zero-order valence-corrected chi connectivity index (χ0v) is 11.0. The van der Waals surface area contributed by atoms with E-state index in [1.54, 1.807) is 0 Å². The monoisotopic (exact) mass is 244 g/mol. The molecule has 18 heavy (non-hydrogen) atoms. The molecule has 0 saturated heterocycles. The van der Waals surface area contributed by atoms with E-state index in [4.69, 9.17) is 0 Å². The largest absolute Gasteiger partial charge is 0.390 e. The van der Waals surface area contributed by atoms with Crippen molar-refractivity contribution in [2.75, 3.05) is 0 Å². The lowest BCUT2D eigenvalue weighted by Gasteiger charge is -2.40. The Morgan fingerprint density at radius 3 is 2.94 bits per heavy atom. The minimum atomic E-state index is -0.324. The quantitative estimate of drug-likeness (QED) is 0.836. The van der Waals surface area contributed by atoms with Crippen LogP contribution < -0.4 is 0 Å². The molecule has 0 bridgehead atoms. The van der Waals surface area contributed by atoms with Crippen LogP contribution in [0.1, 0.15) is 39.2 Å². The van der Waals surface area contributed by atoms with Crippen LogP contribution in [0.2, 0.25) is 0 Å². The lowest BCUT2D eigenvalue weighted by Crippen LogP contribution is -2.41. The van der Waals surface area contributed by atoms with Gasteiger partial charge in [0.25, 0.3) is 0 Å². The minimum Gasteiger partial charge on any atom is -0.390 e. The summed E-state index contributed by atoms with van der Waals surface area (Å²) in [7, 11) is 0. The predicted molar refractivity (Wildman–Crippen MR) is 72.4 cm³/mol. The van der Waals surface area contributed by atoms with Crippen LogP contribution >= 0.6 is 0 Å². The standard InChI is InChI=1S/C15H20N2O/c1-15(2)9-5-8-13(14(15)18)17-12-7-4-3-6-11(12)10-16-17/h3-4,6-7,10,13-14,18H,5,8-9H2,1-2H3. The predicted octanol–water partition coefficient (Wildman–Crippen LogP) is 3.15. The summed E-state index contributed by atoms with van der Waals surface area (Å²) >= 11 is 0. The van der Waals surface area contributed by atoms with Crippen LogP contribution in [0.4, 0.5) is 0 Å². The number of fused-ring (bicyclic) bond motifs is 1. The molecule has 2 atom stereocenters. The number of hydrogen-bond acceptors (Lipinski definition) is 2. The highest BCUT2D eigenvalue weighted by atomic mass is 16.3. The summed E-state index contributed by atoms with van der Waals surface area (Å²) in [4.78, 5) is 0. The highest BCUT2D eigenvalue weighted by Gasteiger charge is 2.39. The van der Waals surface area contributed by atoms with E-state index in [2.05, 4.69) is 31.1 Å². The summed E-state index contributed by atoms with van der Waals surface area (Å²) in [5, 5.41) is 16.2. The second kappa shape index (κ2) is 4.09. The minimum absolute atomic E-state index is 0.0179. The fraction of sp³-hybridized carbons (Fsp3) is 0.533. The first kappa shape index (κ1) is 11.7. The van der Waals surface area contributed by atoms with E-state index < -0.39 is 0 Å². The van der Waals surface area contributed by atoms with E-state index in [1.807, 2.05) is 23.0 Å². The van der Waals surface area contributed by atoms with Gasteiger partial charge in [0.05, 0.1) is 23.9 Å². The smallest absolute Gasteiger partial charge is 0.0815 e. The number of rotatable bonds is 1. The van der Waals surface area contributed by atoms with Crippen molar-refractivity contribution in [2.45, 2.75) is 45.3 Å². The lowest BCUT2D eigenvalue weighted by atomic mass is 9.72. The van der Waals surface area contributed by atoms with Gasteiger partial charge in [0.1, 0.15) is 0 Å². The zero-order valence-electron chi connectivity index (χ0n) is 11.0. The average Bonchev–Trinajstić information content (AvgIpc) is 2.76. The average molecular weight is 244 g/mol. The molecule has 0 amide bonds. The number of aliphatic hydroxyl groups is 1. The van der Waals surface area contributed by atoms with Crippen molar-refractivity contribution >= 4 is 10.9 Å². The SMILES string of the molecule is CC1(C)CCCC(n2ncc3ccccc32)C1O. The van der Waals surface area contributed by atoms with Gasteiger partial charge in [0.2, 0.25) is 0 Å². The molecule has 1 saturated carbocycles. The number of benzene rings is 1. The van der Waals surface area contributed by atoms with Gasteiger partial charge in [-0.05, 0) is 24.3 Å². The summed E-state index contributed by atoms with van der Waals surface area (Å²) < 4.78 is 2.01. The van der Waals surface area contributed by atoms with Gasteiger partial charge in [-0.25, -0.2) is 0 Å². The molecule has 1 aromatic heterocycles. The van der Waals surface area contributed by atoms with Crippen molar-refractivity contribution in [1.82, 2.24) is 9.78 Å². The molecule has 3 heteroatoms. The van der Waals surface area contributed by atoms with Gasteiger partial charge in [-0.3, -0.25) is 4.68 Å². The maximum absolute atomic E-state index is 10.6. The number of hydrogen-bond donors (Lipinski definition) is 1. The van der Waals surface area contributed by atoms with Crippen molar-refractivity contribution < 1.29 is 5.11 Å². The first-order valence-corrected chi connectivity index (χ1v) is 6.70. The van der Waals surface area contributed by atoms with Crippen LogP contribution in [0.25, 0.3) is 10.9 Å². The van der Waals surface area contributed by atoms with Gasteiger partial charge < -0.3 is 5.11 Å². The van der Waals surface area contributed by atoms with Crippen molar-refractivity contribution in [2.24, 2.45) is 5.41 Å². The van der Waals surface area contributed by atoms with Gasteiger partial charge in [-0.1, -0.05) is 38.5 Å². The Bertz CT molecular complexity index is 558. The Morgan fingerprint density at radius 2 is 2.11 bits per heavy atom. The molecule has 1 fully saturated rings. The van der Waals surface area contributed by atoms with Gasteiger partial charge in [0, 0.05) is 5.39 Å². The Kier molecular flexibility index (Phi) is 2.67. The molecule has 3 rings (SSSR count). The molecule has 2 unspecified atom stereocenters. The number of para-hydroxylation sites is 1.